The van der Waals surface area contributed by atoms with Gasteiger partial charge >= 0.3 is 0 Å². The minimum Gasteiger partial charge on any atom is -0.493 e. The summed E-state index contributed by atoms with van der Waals surface area (Å²) in [5.41, 5.74) is 2.65. The molecule has 1 amide bonds. The number of carbonyl (C=O) groups excluding carboxylic acids is 1. The fourth-order valence-corrected chi connectivity index (χ4v) is 5.25. The van der Waals surface area contributed by atoms with Crippen molar-refractivity contribution < 1.29 is 19.4 Å². The Bertz CT molecular complexity index is 763. The SMILES string of the molecule is COc1cc2c(cc1OC)CN(C1CCN(C(=O)[C@@H]3CN(C)CC[C@H]3O)CC1)CC2. The van der Waals surface area contributed by atoms with Gasteiger partial charge in [-0.1, -0.05) is 0 Å². The second kappa shape index (κ2) is 9.12. The topological polar surface area (TPSA) is 65.5 Å². The summed E-state index contributed by atoms with van der Waals surface area (Å²) in [6.45, 7) is 5.04. The number of methoxy groups -OCH3 is 2. The van der Waals surface area contributed by atoms with Crippen LogP contribution in [0, 0.1) is 5.92 Å². The van der Waals surface area contributed by atoms with Crippen LogP contribution in [0.15, 0.2) is 12.1 Å². The number of amides is 1. The predicted molar refractivity (Wildman–Crippen MR) is 115 cm³/mol. The van der Waals surface area contributed by atoms with Gasteiger partial charge in [0.1, 0.15) is 0 Å². The molecule has 0 unspecified atom stereocenters. The molecule has 1 N–H and O–H groups in total. The number of fused-ring (bicyclic) bond motifs is 1. The number of ether oxygens (including phenoxy) is 2. The van der Waals surface area contributed by atoms with Crippen molar-refractivity contribution in [1.82, 2.24) is 14.7 Å². The summed E-state index contributed by atoms with van der Waals surface area (Å²) in [7, 11) is 5.38. The summed E-state index contributed by atoms with van der Waals surface area (Å²) in [4.78, 5) is 19.7. The van der Waals surface area contributed by atoms with Crippen LogP contribution in [-0.4, -0.2) is 91.9 Å². The Morgan fingerprint density at radius 2 is 1.67 bits per heavy atom. The van der Waals surface area contributed by atoms with Crippen molar-refractivity contribution in [3.63, 3.8) is 0 Å². The molecule has 0 saturated carbocycles. The van der Waals surface area contributed by atoms with Gasteiger partial charge in [-0.25, -0.2) is 0 Å². The fourth-order valence-electron chi connectivity index (χ4n) is 5.25. The first-order chi connectivity index (χ1) is 14.5. The lowest BCUT2D eigenvalue weighted by atomic mass is 9.91. The number of aliphatic hydroxyl groups is 1. The molecule has 2 atom stereocenters. The van der Waals surface area contributed by atoms with Gasteiger partial charge in [-0.2, -0.15) is 0 Å². The predicted octanol–water partition coefficient (Wildman–Crippen LogP) is 1.37. The van der Waals surface area contributed by atoms with Crippen molar-refractivity contribution >= 4 is 5.91 Å². The maximum Gasteiger partial charge on any atom is 0.229 e. The van der Waals surface area contributed by atoms with Gasteiger partial charge in [-0.05, 0) is 56.0 Å². The molecule has 0 aromatic heterocycles. The molecule has 0 spiro atoms. The fraction of sp³-hybridized carbons (Fsp3) is 0.696. The van der Waals surface area contributed by atoms with Crippen LogP contribution in [0.4, 0.5) is 0 Å². The van der Waals surface area contributed by atoms with Crippen LogP contribution in [0.5, 0.6) is 11.5 Å². The van der Waals surface area contributed by atoms with Crippen LogP contribution < -0.4 is 9.47 Å². The number of hydrogen-bond acceptors (Lipinski definition) is 6. The Balaban J connectivity index is 1.35. The first-order valence-corrected chi connectivity index (χ1v) is 11.1. The van der Waals surface area contributed by atoms with Crippen LogP contribution in [-0.2, 0) is 17.8 Å². The second-order valence-electron chi connectivity index (χ2n) is 8.98. The average molecular weight is 418 g/mol. The molecule has 3 heterocycles. The Labute approximate surface area is 179 Å². The molecule has 0 aliphatic carbocycles. The van der Waals surface area contributed by atoms with Crippen molar-refractivity contribution in [3.05, 3.63) is 23.3 Å². The largest absolute Gasteiger partial charge is 0.493 e. The molecule has 1 aromatic rings. The van der Waals surface area contributed by atoms with E-state index in [9.17, 15) is 9.90 Å². The first-order valence-electron chi connectivity index (χ1n) is 11.1. The van der Waals surface area contributed by atoms with E-state index in [4.69, 9.17) is 9.47 Å². The number of piperidine rings is 2. The van der Waals surface area contributed by atoms with Gasteiger partial charge < -0.3 is 24.4 Å². The third-order valence-electron chi connectivity index (χ3n) is 7.14. The third kappa shape index (κ3) is 4.29. The highest BCUT2D eigenvalue weighted by Crippen LogP contribution is 2.34. The van der Waals surface area contributed by atoms with E-state index in [1.165, 1.54) is 11.1 Å². The zero-order valence-corrected chi connectivity index (χ0v) is 18.5. The minimum absolute atomic E-state index is 0.133. The van der Waals surface area contributed by atoms with E-state index in [0.717, 1.165) is 63.5 Å². The van der Waals surface area contributed by atoms with Gasteiger partial charge in [0, 0.05) is 45.3 Å². The summed E-state index contributed by atoms with van der Waals surface area (Å²) < 4.78 is 10.9. The molecule has 0 radical (unpaired) electrons. The summed E-state index contributed by atoms with van der Waals surface area (Å²) in [5, 5.41) is 10.3. The number of aliphatic hydroxyl groups excluding tert-OH is 1. The van der Waals surface area contributed by atoms with Crippen molar-refractivity contribution in [2.75, 3.05) is 54.0 Å². The number of rotatable bonds is 4. The van der Waals surface area contributed by atoms with Crippen molar-refractivity contribution in [3.8, 4) is 11.5 Å². The molecule has 2 saturated heterocycles. The Morgan fingerprint density at radius 1 is 1.00 bits per heavy atom. The highest BCUT2D eigenvalue weighted by atomic mass is 16.5. The van der Waals surface area contributed by atoms with E-state index >= 15 is 0 Å². The Hall–Kier alpha value is -1.83. The van der Waals surface area contributed by atoms with E-state index < -0.39 is 6.10 Å². The quantitative estimate of drug-likeness (QED) is 0.798. The van der Waals surface area contributed by atoms with Crippen molar-refractivity contribution in [2.45, 2.75) is 44.4 Å². The average Bonchev–Trinajstić information content (AvgIpc) is 2.79. The molecular formula is C23H35N3O4. The minimum atomic E-state index is -0.503. The van der Waals surface area contributed by atoms with Gasteiger partial charge in [0.2, 0.25) is 5.91 Å². The molecule has 7 heteroatoms. The highest BCUT2D eigenvalue weighted by Gasteiger charge is 2.37. The molecule has 3 aliphatic rings. The highest BCUT2D eigenvalue weighted by molar-refractivity contribution is 5.80. The standard InChI is InChI=1S/C23H35N3O4/c1-24-8-7-20(27)19(15-24)23(28)25-10-5-18(6-11-25)26-9-4-16-12-21(29-2)22(30-3)13-17(16)14-26/h12-13,18-20,27H,4-11,14-15H2,1-3H3/t19-,20-/m1/s1. The van der Waals surface area contributed by atoms with E-state index in [1.807, 2.05) is 11.9 Å². The molecule has 166 valence electrons. The summed E-state index contributed by atoms with van der Waals surface area (Å²) in [6.07, 6.45) is 3.18. The van der Waals surface area contributed by atoms with Gasteiger partial charge in [0.25, 0.3) is 0 Å². The molecule has 4 rings (SSSR count). The lowest BCUT2D eigenvalue weighted by Gasteiger charge is -2.42. The third-order valence-corrected chi connectivity index (χ3v) is 7.14. The molecule has 7 nitrogen and oxygen atoms in total. The monoisotopic (exact) mass is 417 g/mol. The molecule has 2 fully saturated rings. The van der Waals surface area contributed by atoms with Crippen molar-refractivity contribution in [1.29, 1.82) is 0 Å². The number of hydrogen-bond donors (Lipinski definition) is 1. The summed E-state index contributed by atoms with van der Waals surface area (Å²) in [6, 6.07) is 4.72. The molecular weight excluding hydrogens is 382 g/mol. The zero-order valence-electron chi connectivity index (χ0n) is 18.5. The first kappa shape index (κ1) is 21.4. The van der Waals surface area contributed by atoms with Gasteiger partial charge in [0.15, 0.2) is 11.5 Å². The maximum absolute atomic E-state index is 13.0. The van der Waals surface area contributed by atoms with Crippen LogP contribution in [0.1, 0.15) is 30.4 Å². The maximum atomic E-state index is 13.0. The molecule has 30 heavy (non-hydrogen) atoms. The lowest BCUT2D eigenvalue weighted by Crippen LogP contribution is -2.53. The molecule has 3 aliphatic heterocycles. The number of carbonyl (C=O) groups is 1. The van der Waals surface area contributed by atoms with Crippen molar-refractivity contribution in [2.24, 2.45) is 5.92 Å². The van der Waals surface area contributed by atoms with Crippen LogP contribution in [0.2, 0.25) is 0 Å². The number of benzene rings is 1. The van der Waals surface area contributed by atoms with Crippen LogP contribution >= 0.6 is 0 Å². The van der Waals surface area contributed by atoms with E-state index in [2.05, 4.69) is 21.9 Å². The Morgan fingerprint density at radius 3 is 2.33 bits per heavy atom. The van der Waals surface area contributed by atoms with Crippen LogP contribution in [0.25, 0.3) is 0 Å². The van der Waals surface area contributed by atoms with E-state index in [1.54, 1.807) is 14.2 Å². The number of nitrogens with zero attached hydrogens (tertiary/aromatic N) is 3. The van der Waals surface area contributed by atoms with Gasteiger partial charge in [0.05, 0.1) is 26.2 Å². The van der Waals surface area contributed by atoms with E-state index in [-0.39, 0.29) is 11.8 Å². The number of likely N-dealkylation sites (tertiary alicyclic amines) is 2. The van der Waals surface area contributed by atoms with Gasteiger partial charge in [-0.15, -0.1) is 0 Å². The zero-order chi connectivity index (χ0) is 21.3. The summed E-state index contributed by atoms with van der Waals surface area (Å²) in [5.74, 6) is 1.44. The van der Waals surface area contributed by atoms with Gasteiger partial charge in [-0.3, -0.25) is 9.69 Å². The second-order valence-corrected chi connectivity index (χ2v) is 8.98. The normalized spacial score (nSPS) is 26.3. The summed E-state index contributed by atoms with van der Waals surface area (Å²) >= 11 is 0. The Kier molecular flexibility index (Phi) is 6.51. The van der Waals surface area contributed by atoms with E-state index in [0.29, 0.717) is 19.0 Å². The molecule has 1 aromatic carbocycles. The smallest absolute Gasteiger partial charge is 0.229 e. The van der Waals surface area contributed by atoms with Crippen LogP contribution in [0.3, 0.4) is 0 Å². The molecule has 0 bridgehead atoms. The lowest BCUT2D eigenvalue weighted by molar-refractivity contribution is -0.143.